The summed E-state index contributed by atoms with van der Waals surface area (Å²) in [5.41, 5.74) is 0. The molecule has 0 heterocycles. The lowest BCUT2D eigenvalue weighted by atomic mass is 10.2. The first-order chi connectivity index (χ1) is 5.57. The molecule has 0 spiro atoms. The van der Waals surface area contributed by atoms with Gasteiger partial charge in [0.25, 0.3) is 0 Å². The Bertz CT molecular complexity index is 181. The van der Waals surface area contributed by atoms with Crippen LogP contribution in [0.5, 0.6) is 0 Å². The summed E-state index contributed by atoms with van der Waals surface area (Å²) < 4.78 is 0. The van der Waals surface area contributed by atoms with E-state index < -0.39 is 0 Å². The van der Waals surface area contributed by atoms with E-state index in [1.54, 1.807) is 11.9 Å². The second-order valence-corrected chi connectivity index (χ2v) is 3.33. The van der Waals surface area contributed by atoms with E-state index in [0.29, 0.717) is 18.8 Å². The molecular weight excluding hydrogens is 152 g/mol. The van der Waals surface area contributed by atoms with Gasteiger partial charge in [0.1, 0.15) is 0 Å². The van der Waals surface area contributed by atoms with Crippen molar-refractivity contribution in [3.63, 3.8) is 0 Å². The van der Waals surface area contributed by atoms with Crippen LogP contribution in [0.4, 0.5) is 0 Å². The zero-order valence-electron chi connectivity index (χ0n) is 8.00. The van der Waals surface area contributed by atoms with Crippen molar-refractivity contribution in [2.45, 2.75) is 26.7 Å². The maximum atomic E-state index is 11.2. The summed E-state index contributed by atoms with van der Waals surface area (Å²) in [4.78, 5) is 12.9. The Morgan fingerprint density at radius 3 is 2.58 bits per heavy atom. The van der Waals surface area contributed by atoms with Crippen molar-refractivity contribution in [1.29, 1.82) is 5.26 Å². The SMILES string of the molecule is CC(C)CN(C)C(=O)CCC#N. The number of carbonyl (C=O) groups excluding carboxylic acids is 1. The summed E-state index contributed by atoms with van der Waals surface area (Å²) in [6.07, 6.45) is 0.668. The van der Waals surface area contributed by atoms with Crippen molar-refractivity contribution < 1.29 is 4.79 Å². The number of nitrogens with zero attached hydrogens (tertiary/aromatic N) is 2. The first-order valence-electron chi connectivity index (χ1n) is 4.18. The predicted molar refractivity (Wildman–Crippen MR) is 47.3 cm³/mol. The van der Waals surface area contributed by atoms with Crippen molar-refractivity contribution >= 4 is 5.91 Å². The lowest BCUT2D eigenvalue weighted by Gasteiger charge is -2.18. The van der Waals surface area contributed by atoms with Gasteiger partial charge in [-0.15, -0.1) is 0 Å². The number of hydrogen-bond donors (Lipinski definition) is 0. The molecular formula is C9H16N2O. The fraction of sp³-hybridized carbons (Fsp3) is 0.778. The Morgan fingerprint density at radius 1 is 1.58 bits per heavy atom. The smallest absolute Gasteiger partial charge is 0.223 e. The number of nitriles is 1. The molecule has 0 aromatic carbocycles. The molecule has 0 atom stereocenters. The van der Waals surface area contributed by atoms with E-state index in [-0.39, 0.29) is 5.91 Å². The quantitative estimate of drug-likeness (QED) is 0.637. The molecule has 0 aliphatic rings. The van der Waals surface area contributed by atoms with Gasteiger partial charge in [-0.25, -0.2) is 0 Å². The third kappa shape index (κ3) is 4.73. The van der Waals surface area contributed by atoms with Crippen molar-refractivity contribution in [3.8, 4) is 6.07 Å². The van der Waals surface area contributed by atoms with Gasteiger partial charge in [-0.05, 0) is 5.92 Å². The van der Waals surface area contributed by atoms with Crippen LogP contribution in [0, 0.1) is 17.2 Å². The molecule has 0 unspecified atom stereocenters. The van der Waals surface area contributed by atoms with E-state index in [2.05, 4.69) is 13.8 Å². The number of rotatable bonds is 4. The third-order valence-corrected chi connectivity index (χ3v) is 1.52. The van der Waals surface area contributed by atoms with Crippen molar-refractivity contribution in [1.82, 2.24) is 4.90 Å². The van der Waals surface area contributed by atoms with Crippen molar-refractivity contribution in [3.05, 3.63) is 0 Å². The first kappa shape index (κ1) is 11.0. The van der Waals surface area contributed by atoms with Gasteiger partial charge in [-0.1, -0.05) is 13.8 Å². The van der Waals surface area contributed by atoms with Gasteiger partial charge in [0, 0.05) is 26.4 Å². The van der Waals surface area contributed by atoms with Crippen LogP contribution >= 0.6 is 0 Å². The highest BCUT2D eigenvalue weighted by atomic mass is 16.2. The maximum absolute atomic E-state index is 11.2. The maximum Gasteiger partial charge on any atom is 0.223 e. The Hall–Kier alpha value is -1.04. The van der Waals surface area contributed by atoms with Crippen LogP contribution in [0.15, 0.2) is 0 Å². The van der Waals surface area contributed by atoms with E-state index >= 15 is 0 Å². The molecule has 0 fully saturated rings. The average Bonchev–Trinajstić information content (AvgIpc) is 1.98. The molecule has 0 aromatic rings. The molecule has 3 heteroatoms. The van der Waals surface area contributed by atoms with E-state index in [0.717, 1.165) is 6.54 Å². The van der Waals surface area contributed by atoms with Gasteiger partial charge in [-0.2, -0.15) is 5.26 Å². The summed E-state index contributed by atoms with van der Waals surface area (Å²) in [7, 11) is 1.78. The highest BCUT2D eigenvalue weighted by molar-refractivity contribution is 5.76. The zero-order chi connectivity index (χ0) is 9.56. The van der Waals surface area contributed by atoms with Crippen LogP contribution in [-0.2, 0) is 4.79 Å². The first-order valence-corrected chi connectivity index (χ1v) is 4.18. The summed E-state index contributed by atoms with van der Waals surface area (Å²) in [5.74, 6) is 0.547. The van der Waals surface area contributed by atoms with Gasteiger partial charge < -0.3 is 4.90 Å². The lowest BCUT2D eigenvalue weighted by molar-refractivity contribution is -0.130. The molecule has 0 aliphatic carbocycles. The van der Waals surface area contributed by atoms with E-state index in [4.69, 9.17) is 5.26 Å². The minimum absolute atomic E-state index is 0.0604. The van der Waals surface area contributed by atoms with Gasteiger partial charge in [-0.3, -0.25) is 4.79 Å². The highest BCUT2D eigenvalue weighted by Gasteiger charge is 2.08. The summed E-state index contributed by atoms with van der Waals surface area (Å²) in [5, 5.41) is 8.26. The van der Waals surface area contributed by atoms with E-state index in [1.165, 1.54) is 0 Å². The standard InChI is InChI=1S/C9H16N2O/c1-8(2)7-11(3)9(12)5-4-6-10/h8H,4-5,7H2,1-3H3. The molecule has 1 amide bonds. The predicted octanol–water partition coefficient (Wildman–Crippen LogP) is 1.40. The van der Waals surface area contributed by atoms with Crippen LogP contribution in [-0.4, -0.2) is 24.4 Å². The largest absolute Gasteiger partial charge is 0.345 e. The van der Waals surface area contributed by atoms with Gasteiger partial charge in [0.15, 0.2) is 0 Å². The normalized spacial score (nSPS) is 9.58. The molecule has 0 rings (SSSR count). The highest BCUT2D eigenvalue weighted by Crippen LogP contribution is 1.99. The lowest BCUT2D eigenvalue weighted by Crippen LogP contribution is -2.29. The second-order valence-electron chi connectivity index (χ2n) is 3.33. The van der Waals surface area contributed by atoms with Gasteiger partial charge in [0.2, 0.25) is 5.91 Å². The van der Waals surface area contributed by atoms with Crippen LogP contribution in [0.1, 0.15) is 26.7 Å². The summed E-state index contributed by atoms with van der Waals surface area (Å²) in [6.45, 7) is 4.90. The van der Waals surface area contributed by atoms with Crippen molar-refractivity contribution in [2.24, 2.45) is 5.92 Å². The monoisotopic (exact) mass is 168 g/mol. The molecule has 3 nitrogen and oxygen atoms in total. The topological polar surface area (TPSA) is 44.1 Å². The van der Waals surface area contributed by atoms with Crippen LogP contribution in [0.25, 0.3) is 0 Å². The number of hydrogen-bond acceptors (Lipinski definition) is 2. The Balaban J connectivity index is 3.70. The van der Waals surface area contributed by atoms with E-state index in [1.807, 2.05) is 6.07 Å². The molecule has 0 N–H and O–H groups in total. The van der Waals surface area contributed by atoms with E-state index in [9.17, 15) is 4.79 Å². The average molecular weight is 168 g/mol. The van der Waals surface area contributed by atoms with Crippen LogP contribution < -0.4 is 0 Å². The molecule has 0 aromatic heterocycles. The minimum Gasteiger partial charge on any atom is -0.345 e. The Labute approximate surface area is 74.0 Å². The van der Waals surface area contributed by atoms with Crippen LogP contribution in [0.2, 0.25) is 0 Å². The summed E-state index contributed by atoms with van der Waals surface area (Å²) in [6, 6.07) is 1.96. The molecule has 0 radical (unpaired) electrons. The number of amides is 1. The third-order valence-electron chi connectivity index (χ3n) is 1.52. The molecule has 0 saturated carbocycles. The fourth-order valence-corrected chi connectivity index (χ4v) is 1.00. The van der Waals surface area contributed by atoms with Gasteiger partial charge >= 0.3 is 0 Å². The molecule has 0 saturated heterocycles. The van der Waals surface area contributed by atoms with Crippen LogP contribution in [0.3, 0.4) is 0 Å². The molecule has 0 aliphatic heterocycles. The zero-order valence-corrected chi connectivity index (χ0v) is 8.00. The fourth-order valence-electron chi connectivity index (χ4n) is 1.00. The second kappa shape index (κ2) is 5.59. The molecule has 12 heavy (non-hydrogen) atoms. The Kier molecular flexibility index (Phi) is 5.11. The molecule has 68 valence electrons. The summed E-state index contributed by atoms with van der Waals surface area (Å²) >= 11 is 0. The van der Waals surface area contributed by atoms with Crippen molar-refractivity contribution in [2.75, 3.05) is 13.6 Å². The number of carbonyl (C=O) groups is 1. The minimum atomic E-state index is 0.0604. The van der Waals surface area contributed by atoms with Gasteiger partial charge in [0.05, 0.1) is 6.07 Å². The molecule has 0 bridgehead atoms. The Morgan fingerprint density at radius 2 is 2.17 bits per heavy atom.